The van der Waals surface area contributed by atoms with Gasteiger partial charge < -0.3 is 9.84 Å². The van der Waals surface area contributed by atoms with Crippen LogP contribution >= 0.6 is 0 Å². The van der Waals surface area contributed by atoms with Gasteiger partial charge in [0.05, 0.1) is 13.2 Å². The highest BCUT2D eigenvalue weighted by Gasteiger charge is 2.03. The number of aliphatic hydroxyl groups is 1. The van der Waals surface area contributed by atoms with E-state index in [0.29, 0.717) is 18.6 Å². The molecule has 0 unspecified atom stereocenters. The van der Waals surface area contributed by atoms with Crippen molar-refractivity contribution in [2.45, 2.75) is 32.6 Å². The molecule has 1 aromatic carbocycles. The Labute approximate surface area is 108 Å². The fourth-order valence-corrected chi connectivity index (χ4v) is 1.45. The third-order valence-corrected chi connectivity index (χ3v) is 2.41. The molecule has 2 nitrogen and oxygen atoms in total. The third-order valence-electron chi connectivity index (χ3n) is 2.41. The van der Waals surface area contributed by atoms with E-state index in [-0.39, 0.29) is 18.2 Å². The molecule has 0 aromatic heterocycles. The Balaban J connectivity index is 2.61. The molecule has 0 saturated carbocycles. The summed E-state index contributed by atoms with van der Waals surface area (Å²) in [7, 11) is 0. The van der Waals surface area contributed by atoms with Gasteiger partial charge in [0.2, 0.25) is 0 Å². The molecular formula is C15H19FO2. The number of aliphatic hydroxyl groups excluding tert-OH is 1. The lowest BCUT2D eigenvalue weighted by Crippen LogP contribution is -1.99. The highest BCUT2D eigenvalue weighted by atomic mass is 19.1. The molecule has 0 spiro atoms. The highest BCUT2D eigenvalue weighted by Crippen LogP contribution is 2.18. The van der Waals surface area contributed by atoms with Crippen LogP contribution < -0.4 is 4.74 Å². The first-order chi connectivity index (χ1) is 8.77. The maximum atomic E-state index is 13.5. The van der Waals surface area contributed by atoms with Gasteiger partial charge in [0.1, 0.15) is 0 Å². The second kappa shape index (κ2) is 8.54. The number of hydrogen-bond acceptors (Lipinski definition) is 2. The normalized spacial score (nSPS) is 9.72. The molecule has 0 aliphatic carbocycles. The minimum Gasteiger partial charge on any atom is -0.490 e. The van der Waals surface area contributed by atoms with Crippen LogP contribution in [0.1, 0.15) is 38.2 Å². The van der Waals surface area contributed by atoms with Crippen LogP contribution in [-0.4, -0.2) is 18.3 Å². The minimum atomic E-state index is -0.362. The second-order valence-corrected chi connectivity index (χ2v) is 3.98. The summed E-state index contributed by atoms with van der Waals surface area (Å²) in [5.41, 5.74) is 0.704. The first kappa shape index (κ1) is 14.5. The monoisotopic (exact) mass is 250 g/mol. The average molecular weight is 250 g/mol. The minimum absolute atomic E-state index is 0.0363. The van der Waals surface area contributed by atoms with E-state index in [1.54, 1.807) is 12.1 Å². The predicted molar refractivity (Wildman–Crippen MR) is 70.0 cm³/mol. The number of halogens is 1. The molecule has 1 rings (SSSR count). The van der Waals surface area contributed by atoms with Crippen molar-refractivity contribution in [3.8, 4) is 17.6 Å². The molecule has 1 N–H and O–H groups in total. The first-order valence-electron chi connectivity index (χ1n) is 6.30. The largest absolute Gasteiger partial charge is 0.490 e. The van der Waals surface area contributed by atoms with Gasteiger partial charge in [-0.05, 0) is 24.6 Å². The molecule has 0 aliphatic rings. The zero-order valence-electron chi connectivity index (χ0n) is 10.7. The van der Waals surface area contributed by atoms with E-state index in [1.807, 2.05) is 0 Å². The van der Waals surface area contributed by atoms with Crippen LogP contribution in [0.5, 0.6) is 5.75 Å². The Hall–Kier alpha value is -1.53. The topological polar surface area (TPSA) is 29.5 Å². The summed E-state index contributed by atoms with van der Waals surface area (Å²) in [5, 5.41) is 8.62. The zero-order chi connectivity index (χ0) is 13.2. The Morgan fingerprint density at radius 2 is 2.17 bits per heavy atom. The van der Waals surface area contributed by atoms with Crippen molar-refractivity contribution in [1.29, 1.82) is 0 Å². The molecule has 0 fully saturated rings. The Bertz CT molecular complexity index is 418. The van der Waals surface area contributed by atoms with Crippen LogP contribution in [-0.2, 0) is 0 Å². The SMILES string of the molecule is CCCCCOc1cc(C#CCCO)ccc1F. The fourth-order valence-electron chi connectivity index (χ4n) is 1.45. The maximum absolute atomic E-state index is 13.5. The van der Waals surface area contributed by atoms with Crippen LogP contribution in [0.2, 0.25) is 0 Å². The number of benzene rings is 1. The molecule has 98 valence electrons. The molecule has 0 saturated heterocycles. The summed E-state index contributed by atoms with van der Waals surface area (Å²) in [4.78, 5) is 0. The Morgan fingerprint density at radius 3 is 2.89 bits per heavy atom. The first-order valence-corrected chi connectivity index (χ1v) is 6.30. The second-order valence-electron chi connectivity index (χ2n) is 3.98. The molecule has 0 atom stereocenters. The number of unbranched alkanes of at least 4 members (excludes halogenated alkanes) is 2. The van der Waals surface area contributed by atoms with Crippen LogP contribution in [0.15, 0.2) is 18.2 Å². The standard InChI is InChI=1S/C15H19FO2/c1-2-3-6-11-18-15-12-13(7-4-5-10-17)8-9-14(15)16/h8-9,12,17H,2-3,5-6,10-11H2,1H3. The van der Waals surface area contributed by atoms with Crippen LogP contribution in [0.25, 0.3) is 0 Å². The van der Waals surface area contributed by atoms with Crippen molar-refractivity contribution in [2.24, 2.45) is 0 Å². The van der Waals surface area contributed by atoms with Gasteiger partial charge in [-0.25, -0.2) is 4.39 Å². The fraction of sp³-hybridized carbons (Fsp3) is 0.467. The van der Waals surface area contributed by atoms with Gasteiger partial charge in [0.15, 0.2) is 11.6 Å². The molecular weight excluding hydrogens is 231 g/mol. The van der Waals surface area contributed by atoms with Crippen molar-refractivity contribution in [3.05, 3.63) is 29.6 Å². The molecule has 0 radical (unpaired) electrons. The van der Waals surface area contributed by atoms with E-state index in [0.717, 1.165) is 19.3 Å². The lowest BCUT2D eigenvalue weighted by atomic mass is 10.2. The molecule has 18 heavy (non-hydrogen) atoms. The Kier molecular flexibility index (Phi) is 6.90. The van der Waals surface area contributed by atoms with E-state index < -0.39 is 0 Å². The highest BCUT2D eigenvalue weighted by molar-refractivity contribution is 5.40. The van der Waals surface area contributed by atoms with E-state index in [9.17, 15) is 4.39 Å². The lowest BCUT2D eigenvalue weighted by molar-refractivity contribution is 0.291. The summed E-state index contributed by atoms with van der Waals surface area (Å²) in [6, 6.07) is 4.57. The number of hydrogen-bond donors (Lipinski definition) is 1. The maximum Gasteiger partial charge on any atom is 0.165 e. The van der Waals surface area contributed by atoms with Crippen LogP contribution in [0.4, 0.5) is 4.39 Å². The molecule has 0 amide bonds. The average Bonchev–Trinajstić information content (AvgIpc) is 2.38. The van der Waals surface area contributed by atoms with Gasteiger partial charge in [0, 0.05) is 12.0 Å². The van der Waals surface area contributed by atoms with Gasteiger partial charge in [0.25, 0.3) is 0 Å². The van der Waals surface area contributed by atoms with Gasteiger partial charge in [-0.1, -0.05) is 31.6 Å². The van der Waals surface area contributed by atoms with Crippen molar-refractivity contribution in [1.82, 2.24) is 0 Å². The quantitative estimate of drug-likeness (QED) is 0.621. The summed E-state index contributed by atoms with van der Waals surface area (Å²) in [6.45, 7) is 2.67. The summed E-state index contributed by atoms with van der Waals surface area (Å²) < 4.78 is 18.8. The van der Waals surface area contributed by atoms with Gasteiger partial charge in [-0.3, -0.25) is 0 Å². The van der Waals surface area contributed by atoms with Crippen LogP contribution in [0.3, 0.4) is 0 Å². The summed E-state index contributed by atoms with van der Waals surface area (Å²) >= 11 is 0. The van der Waals surface area contributed by atoms with Gasteiger partial charge >= 0.3 is 0 Å². The summed E-state index contributed by atoms with van der Waals surface area (Å²) in [6.07, 6.45) is 3.54. The Morgan fingerprint density at radius 1 is 1.33 bits per heavy atom. The predicted octanol–water partition coefficient (Wildman–Crippen LogP) is 3.13. The van der Waals surface area contributed by atoms with E-state index in [4.69, 9.17) is 9.84 Å². The van der Waals surface area contributed by atoms with Crippen molar-refractivity contribution in [2.75, 3.05) is 13.2 Å². The van der Waals surface area contributed by atoms with Crippen LogP contribution in [0, 0.1) is 17.7 Å². The smallest absolute Gasteiger partial charge is 0.165 e. The van der Waals surface area contributed by atoms with E-state index >= 15 is 0 Å². The number of ether oxygens (including phenoxy) is 1. The molecule has 0 aliphatic heterocycles. The zero-order valence-corrected chi connectivity index (χ0v) is 10.7. The van der Waals surface area contributed by atoms with Crippen molar-refractivity contribution in [3.63, 3.8) is 0 Å². The summed E-state index contributed by atoms with van der Waals surface area (Å²) in [5.74, 6) is 5.54. The van der Waals surface area contributed by atoms with Crippen molar-refractivity contribution >= 4 is 0 Å². The van der Waals surface area contributed by atoms with Crippen molar-refractivity contribution < 1.29 is 14.2 Å². The van der Waals surface area contributed by atoms with E-state index in [2.05, 4.69) is 18.8 Å². The van der Waals surface area contributed by atoms with E-state index in [1.165, 1.54) is 6.07 Å². The van der Waals surface area contributed by atoms with Gasteiger partial charge in [-0.15, -0.1) is 0 Å². The molecule has 1 aromatic rings. The number of rotatable bonds is 6. The van der Waals surface area contributed by atoms with Gasteiger partial charge in [-0.2, -0.15) is 0 Å². The molecule has 3 heteroatoms. The third kappa shape index (κ3) is 5.20. The molecule has 0 bridgehead atoms. The molecule has 0 heterocycles. The lowest BCUT2D eigenvalue weighted by Gasteiger charge is -2.07.